The Morgan fingerprint density at radius 1 is 2.00 bits per heavy atom. The highest BCUT2D eigenvalue weighted by atomic mass is 31.1. The van der Waals surface area contributed by atoms with Crippen molar-refractivity contribution in [3.8, 4) is 6.07 Å². The summed E-state index contributed by atoms with van der Waals surface area (Å²) in [7, 11) is -0.659. The summed E-state index contributed by atoms with van der Waals surface area (Å²) >= 11 is 0. The molecule has 3 nitrogen and oxygen atoms in total. The van der Waals surface area contributed by atoms with Gasteiger partial charge in [-0.1, -0.05) is 0 Å². The molecule has 40 valence electrons. The third kappa shape index (κ3) is 3.51. The van der Waals surface area contributed by atoms with Crippen molar-refractivity contribution in [1.82, 2.24) is 0 Å². The Hall–Kier alpha value is -0.320. The van der Waals surface area contributed by atoms with Crippen LogP contribution in [0.5, 0.6) is 0 Å². The number of nitriles is 1. The van der Waals surface area contributed by atoms with Crippen molar-refractivity contribution in [3.05, 3.63) is 0 Å². The van der Waals surface area contributed by atoms with Gasteiger partial charge in [-0.2, -0.15) is 5.26 Å². The van der Waals surface area contributed by atoms with Crippen molar-refractivity contribution in [2.45, 2.75) is 0 Å². The van der Waals surface area contributed by atoms with Gasteiger partial charge in [0.25, 0.3) is 0 Å². The molecular weight excluding hydrogens is 113 g/mol. The van der Waals surface area contributed by atoms with Crippen LogP contribution >= 0.6 is 8.03 Å². The zero-order valence-corrected chi connectivity index (χ0v) is 4.97. The van der Waals surface area contributed by atoms with E-state index in [0.29, 0.717) is 0 Å². The van der Waals surface area contributed by atoms with E-state index in [1.165, 1.54) is 7.11 Å². The van der Waals surface area contributed by atoms with Gasteiger partial charge in [0.1, 0.15) is 6.16 Å². The molecule has 0 saturated carbocycles. The Kier molecular flexibility index (Phi) is 3.68. The molecule has 0 aliphatic heterocycles. The van der Waals surface area contributed by atoms with E-state index in [4.69, 9.17) is 5.26 Å². The third-order valence-corrected chi connectivity index (χ3v) is 1.35. The minimum Gasteiger partial charge on any atom is -0.333 e. The molecule has 4 heteroatoms. The van der Waals surface area contributed by atoms with E-state index in [1.54, 1.807) is 6.07 Å². The van der Waals surface area contributed by atoms with Gasteiger partial charge >= 0.3 is 0 Å². The van der Waals surface area contributed by atoms with Crippen LogP contribution in [0.3, 0.4) is 0 Å². The fourth-order valence-corrected chi connectivity index (χ4v) is 0.410. The van der Waals surface area contributed by atoms with E-state index in [1.807, 2.05) is 0 Å². The summed E-state index contributed by atoms with van der Waals surface area (Å²) in [5.41, 5.74) is 0. The van der Waals surface area contributed by atoms with Gasteiger partial charge in [-0.05, 0) is 0 Å². The normalized spacial score (nSPS) is 12.6. The summed E-state index contributed by atoms with van der Waals surface area (Å²) in [6.07, 6.45) is 0.0289. The lowest BCUT2D eigenvalue weighted by atomic mass is 10.9. The first-order chi connectivity index (χ1) is 3.31. The fourth-order valence-electron chi connectivity index (χ4n) is 0.137. The molecule has 0 fully saturated rings. The van der Waals surface area contributed by atoms with Gasteiger partial charge in [0.15, 0.2) is 0 Å². The van der Waals surface area contributed by atoms with Crippen molar-refractivity contribution < 1.29 is 9.09 Å². The second-order valence-corrected chi connectivity index (χ2v) is 2.42. The highest BCUT2D eigenvalue weighted by Gasteiger charge is 1.89. The van der Waals surface area contributed by atoms with Crippen LogP contribution in [0.25, 0.3) is 0 Å². The van der Waals surface area contributed by atoms with Crippen LogP contribution in [0, 0.1) is 11.3 Å². The van der Waals surface area contributed by atoms with E-state index < -0.39 is 8.03 Å². The lowest BCUT2D eigenvalue weighted by Crippen LogP contribution is -1.70. The second kappa shape index (κ2) is 3.86. The predicted octanol–water partition coefficient (Wildman–Crippen LogP) is 0.631. The summed E-state index contributed by atoms with van der Waals surface area (Å²) in [6.45, 7) is 0. The lowest BCUT2D eigenvalue weighted by Gasteiger charge is -1.85. The summed E-state index contributed by atoms with van der Waals surface area (Å²) in [6, 6.07) is 1.73. The van der Waals surface area contributed by atoms with Crippen LogP contribution in [-0.4, -0.2) is 13.3 Å². The number of hydrogen-bond acceptors (Lipinski definition) is 3. The van der Waals surface area contributed by atoms with Gasteiger partial charge in [0, 0.05) is 7.11 Å². The molecule has 0 heterocycles. The maximum Gasteiger partial charge on any atom is 0.205 e. The zero-order valence-electron chi connectivity index (χ0n) is 3.97. The largest absolute Gasteiger partial charge is 0.333 e. The van der Waals surface area contributed by atoms with Gasteiger partial charge < -0.3 is 4.52 Å². The quantitative estimate of drug-likeness (QED) is 0.501. The molecule has 0 saturated heterocycles. The maximum atomic E-state index is 10.2. The molecule has 0 aliphatic carbocycles. The van der Waals surface area contributed by atoms with Crippen molar-refractivity contribution >= 4 is 8.03 Å². The van der Waals surface area contributed by atoms with Crippen molar-refractivity contribution in [2.24, 2.45) is 0 Å². The van der Waals surface area contributed by atoms with E-state index in [0.717, 1.165) is 0 Å². The number of rotatable bonds is 2. The van der Waals surface area contributed by atoms with Crippen molar-refractivity contribution in [2.75, 3.05) is 13.3 Å². The van der Waals surface area contributed by atoms with Crippen LogP contribution in [0.1, 0.15) is 0 Å². The molecule has 0 spiro atoms. The molecule has 0 aromatic carbocycles. The smallest absolute Gasteiger partial charge is 0.205 e. The molecule has 0 radical (unpaired) electrons. The Morgan fingerprint density at radius 3 is 2.71 bits per heavy atom. The Labute approximate surface area is 42.8 Å². The first kappa shape index (κ1) is 6.68. The topological polar surface area (TPSA) is 50.1 Å². The standard InChI is InChI=1S/C3H6NO2P/c1-6-7(5)3-2-4/h7H,3H2,1H3. The van der Waals surface area contributed by atoms with Crippen LogP contribution in [0.15, 0.2) is 0 Å². The Balaban J connectivity index is 3.23. The Bertz CT molecular complexity index is 106. The molecular formula is C3H6NO2P. The highest BCUT2D eigenvalue weighted by Crippen LogP contribution is 2.17. The first-order valence-electron chi connectivity index (χ1n) is 1.75. The average Bonchev–Trinajstić information content (AvgIpc) is 1.68. The third-order valence-electron chi connectivity index (χ3n) is 0.451. The van der Waals surface area contributed by atoms with Crippen LogP contribution in [-0.2, 0) is 9.09 Å². The van der Waals surface area contributed by atoms with Gasteiger partial charge in [0.05, 0.1) is 6.07 Å². The Morgan fingerprint density at radius 2 is 2.57 bits per heavy atom. The fraction of sp³-hybridized carbons (Fsp3) is 0.667. The van der Waals surface area contributed by atoms with Gasteiger partial charge in [-0.15, -0.1) is 0 Å². The van der Waals surface area contributed by atoms with E-state index >= 15 is 0 Å². The minimum atomic E-state index is -1.99. The summed E-state index contributed by atoms with van der Waals surface area (Å²) in [5, 5.41) is 7.86. The molecule has 0 aromatic heterocycles. The van der Waals surface area contributed by atoms with Crippen LogP contribution < -0.4 is 0 Å². The minimum absolute atomic E-state index is 0.0289. The average molecular weight is 119 g/mol. The second-order valence-electron chi connectivity index (χ2n) is 0.911. The summed E-state index contributed by atoms with van der Waals surface area (Å²) < 4.78 is 14.5. The van der Waals surface area contributed by atoms with Gasteiger partial charge in [-0.3, -0.25) is 4.57 Å². The van der Waals surface area contributed by atoms with E-state index in [9.17, 15) is 4.57 Å². The van der Waals surface area contributed by atoms with Crippen LogP contribution in [0.4, 0.5) is 0 Å². The number of hydrogen-bond donors (Lipinski definition) is 0. The molecule has 7 heavy (non-hydrogen) atoms. The molecule has 0 bridgehead atoms. The number of nitrogens with zero attached hydrogens (tertiary/aromatic N) is 1. The monoisotopic (exact) mass is 119 g/mol. The van der Waals surface area contributed by atoms with E-state index in [2.05, 4.69) is 4.52 Å². The molecule has 1 atom stereocenters. The maximum absolute atomic E-state index is 10.2. The summed E-state index contributed by atoms with van der Waals surface area (Å²) in [4.78, 5) is 0. The SMILES string of the molecule is CO[PH](=O)CC#N. The highest BCUT2D eigenvalue weighted by molar-refractivity contribution is 7.39. The van der Waals surface area contributed by atoms with Crippen molar-refractivity contribution in [3.63, 3.8) is 0 Å². The van der Waals surface area contributed by atoms with E-state index in [-0.39, 0.29) is 6.16 Å². The summed E-state index contributed by atoms with van der Waals surface area (Å²) in [5.74, 6) is 0. The molecule has 0 rings (SSSR count). The molecule has 0 amide bonds. The lowest BCUT2D eigenvalue weighted by molar-refractivity contribution is 0.417. The van der Waals surface area contributed by atoms with Gasteiger partial charge in [-0.25, -0.2) is 0 Å². The molecule has 0 aliphatic rings. The molecule has 1 unspecified atom stereocenters. The predicted molar refractivity (Wildman–Crippen MR) is 26.5 cm³/mol. The zero-order chi connectivity index (χ0) is 5.70. The first-order valence-corrected chi connectivity index (χ1v) is 3.27. The van der Waals surface area contributed by atoms with Crippen molar-refractivity contribution in [1.29, 1.82) is 5.26 Å². The molecule has 0 N–H and O–H groups in total. The van der Waals surface area contributed by atoms with Crippen LogP contribution in [0.2, 0.25) is 0 Å². The van der Waals surface area contributed by atoms with Gasteiger partial charge in [0.2, 0.25) is 8.03 Å². The molecule has 0 aromatic rings.